The third-order valence-electron chi connectivity index (χ3n) is 3.27. The Kier molecular flexibility index (Phi) is 4.90. The van der Waals surface area contributed by atoms with Gasteiger partial charge in [-0.1, -0.05) is 24.3 Å². The van der Waals surface area contributed by atoms with Gasteiger partial charge in [0, 0.05) is 0 Å². The van der Waals surface area contributed by atoms with Gasteiger partial charge in [-0.2, -0.15) is 0 Å². The summed E-state index contributed by atoms with van der Waals surface area (Å²) in [6.07, 6.45) is -0.640. The number of thiophene rings is 1. The lowest BCUT2D eigenvalue weighted by Crippen LogP contribution is -2.17. The fourth-order valence-electron chi connectivity index (χ4n) is 2.04. The molecule has 0 aliphatic heterocycles. The van der Waals surface area contributed by atoms with E-state index < -0.39 is 12.1 Å². The number of esters is 1. The second-order valence-electron chi connectivity index (χ2n) is 5.11. The lowest BCUT2D eigenvalue weighted by atomic mass is 10.2. The highest BCUT2D eigenvalue weighted by atomic mass is 32.1. The van der Waals surface area contributed by atoms with Crippen LogP contribution in [0, 0.1) is 6.92 Å². The number of carbonyl (C=O) groups is 1. The van der Waals surface area contributed by atoms with E-state index in [0.29, 0.717) is 11.6 Å². The summed E-state index contributed by atoms with van der Waals surface area (Å²) in [5.41, 5.74) is 0.954. The molecular formula is C17H16N2O4S. The summed E-state index contributed by atoms with van der Waals surface area (Å²) in [7, 11) is 0. The summed E-state index contributed by atoms with van der Waals surface area (Å²) in [4.78, 5) is 12.8. The second kappa shape index (κ2) is 7.27. The molecule has 0 saturated heterocycles. The van der Waals surface area contributed by atoms with E-state index in [1.165, 1.54) is 11.3 Å². The molecule has 0 aliphatic rings. The number of nitrogens with zero attached hydrogens (tertiary/aromatic N) is 2. The van der Waals surface area contributed by atoms with Gasteiger partial charge < -0.3 is 13.9 Å². The van der Waals surface area contributed by atoms with E-state index in [0.717, 1.165) is 10.4 Å². The number of rotatable bonds is 6. The van der Waals surface area contributed by atoms with Crippen molar-refractivity contribution in [1.82, 2.24) is 10.2 Å². The van der Waals surface area contributed by atoms with E-state index in [1.807, 2.05) is 42.6 Å². The van der Waals surface area contributed by atoms with Crippen molar-refractivity contribution in [2.45, 2.75) is 20.0 Å². The first-order chi connectivity index (χ1) is 11.6. The first-order valence-electron chi connectivity index (χ1n) is 7.38. The zero-order valence-electron chi connectivity index (χ0n) is 13.3. The topological polar surface area (TPSA) is 74.5 Å². The van der Waals surface area contributed by atoms with Crippen molar-refractivity contribution >= 4 is 17.3 Å². The third-order valence-corrected chi connectivity index (χ3v) is 4.13. The highest BCUT2D eigenvalue weighted by Gasteiger charge is 2.19. The van der Waals surface area contributed by atoms with Gasteiger partial charge in [0.1, 0.15) is 5.75 Å². The molecule has 0 amide bonds. The van der Waals surface area contributed by atoms with Crippen LogP contribution in [0.3, 0.4) is 0 Å². The SMILES string of the molecule is Cc1ccccc1OCC(=O)O[C@@H](C)c1nnc(-c2cccs2)o1. The van der Waals surface area contributed by atoms with Gasteiger partial charge in [0.15, 0.2) is 12.7 Å². The number of carbonyl (C=O) groups excluding carboxylic acids is 1. The van der Waals surface area contributed by atoms with Crippen LogP contribution in [0.4, 0.5) is 0 Å². The molecule has 0 saturated carbocycles. The zero-order valence-corrected chi connectivity index (χ0v) is 14.1. The van der Waals surface area contributed by atoms with Crippen LogP contribution < -0.4 is 4.74 Å². The molecule has 24 heavy (non-hydrogen) atoms. The predicted molar refractivity (Wildman–Crippen MR) is 88.8 cm³/mol. The molecule has 0 unspecified atom stereocenters. The van der Waals surface area contributed by atoms with Crippen molar-refractivity contribution in [3.63, 3.8) is 0 Å². The lowest BCUT2D eigenvalue weighted by molar-refractivity contribution is -0.152. The molecule has 0 spiro atoms. The zero-order chi connectivity index (χ0) is 16.9. The van der Waals surface area contributed by atoms with E-state index >= 15 is 0 Å². The quantitative estimate of drug-likeness (QED) is 0.633. The molecule has 0 N–H and O–H groups in total. The van der Waals surface area contributed by atoms with Crippen LogP contribution in [0.2, 0.25) is 0 Å². The molecular weight excluding hydrogens is 328 g/mol. The van der Waals surface area contributed by atoms with Gasteiger partial charge in [-0.3, -0.25) is 0 Å². The number of hydrogen-bond acceptors (Lipinski definition) is 7. The number of hydrogen-bond donors (Lipinski definition) is 0. The fraction of sp³-hybridized carbons (Fsp3) is 0.235. The summed E-state index contributed by atoms with van der Waals surface area (Å²) in [5.74, 6) is 0.822. The maximum absolute atomic E-state index is 11.9. The molecule has 2 heterocycles. The molecule has 7 heteroatoms. The Hall–Kier alpha value is -2.67. The number of aromatic nitrogens is 2. The van der Waals surface area contributed by atoms with E-state index in [-0.39, 0.29) is 12.5 Å². The molecule has 1 aromatic carbocycles. The Morgan fingerprint density at radius 1 is 1.25 bits per heavy atom. The maximum Gasteiger partial charge on any atom is 0.344 e. The van der Waals surface area contributed by atoms with Gasteiger partial charge in [0.2, 0.25) is 0 Å². The molecule has 2 aromatic heterocycles. The van der Waals surface area contributed by atoms with Crippen molar-refractivity contribution in [3.05, 3.63) is 53.2 Å². The summed E-state index contributed by atoms with van der Waals surface area (Å²) in [6.45, 7) is 3.41. The molecule has 0 radical (unpaired) electrons. The second-order valence-corrected chi connectivity index (χ2v) is 6.06. The van der Waals surface area contributed by atoms with Crippen molar-refractivity contribution in [1.29, 1.82) is 0 Å². The van der Waals surface area contributed by atoms with Gasteiger partial charge in [-0.05, 0) is 36.9 Å². The normalized spacial score (nSPS) is 11.9. The highest BCUT2D eigenvalue weighted by Crippen LogP contribution is 2.25. The molecule has 6 nitrogen and oxygen atoms in total. The van der Waals surface area contributed by atoms with Crippen LogP contribution in [0.5, 0.6) is 5.75 Å². The first kappa shape index (κ1) is 16.2. The van der Waals surface area contributed by atoms with E-state index in [2.05, 4.69) is 10.2 Å². The summed E-state index contributed by atoms with van der Waals surface area (Å²) < 4.78 is 16.3. The van der Waals surface area contributed by atoms with Crippen LogP contribution in [0.25, 0.3) is 10.8 Å². The number of aryl methyl sites for hydroxylation is 1. The first-order valence-corrected chi connectivity index (χ1v) is 8.26. The van der Waals surface area contributed by atoms with Gasteiger partial charge >= 0.3 is 5.97 Å². The monoisotopic (exact) mass is 344 g/mol. The van der Waals surface area contributed by atoms with Gasteiger partial charge in [0.05, 0.1) is 4.88 Å². The summed E-state index contributed by atoms with van der Waals surface area (Å²) in [5, 5.41) is 9.82. The molecule has 0 aliphatic carbocycles. The van der Waals surface area contributed by atoms with Crippen LogP contribution in [0.1, 0.15) is 24.5 Å². The standard InChI is InChI=1S/C17H16N2O4S/c1-11-6-3-4-7-13(11)21-10-15(20)22-12(2)16-18-19-17(23-16)14-8-5-9-24-14/h3-9,12H,10H2,1-2H3/t12-/m0/s1. The average Bonchev–Trinajstić information content (AvgIpc) is 3.25. The number of benzene rings is 1. The van der Waals surface area contributed by atoms with Crippen molar-refractivity contribution in [2.24, 2.45) is 0 Å². The molecule has 1 atom stereocenters. The molecule has 124 valence electrons. The smallest absolute Gasteiger partial charge is 0.344 e. The molecule has 3 aromatic rings. The summed E-state index contributed by atoms with van der Waals surface area (Å²) >= 11 is 1.50. The van der Waals surface area contributed by atoms with Crippen LogP contribution in [-0.4, -0.2) is 22.8 Å². The summed E-state index contributed by atoms with van der Waals surface area (Å²) in [6, 6.07) is 11.3. The highest BCUT2D eigenvalue weighted by molar-refractivity contribution is 7.13. The lowest BCUT2D eigenvalue weighted by Gasteiger charge is -2.11. The Morgan fingerprint density at radius 2 is 2.08 bits per heavy atom. The minimum Gasteiger partial charge on any atom is -0.482 e. The molecule has 3 rings (SSSR count). The minimum atomic E-state index is -0.640. The maximum atomic E-state index is 11.9. The van der Waals surface area contributed by atoms with E-state index in [9.17, 15) is 4.79 Å². The Morgan fingerprint density at radius 3 is 2.83 bits per heavy atom. The van der Waals surface area contributed by atoms with Crippen molar-refractivity contribution < 1.29 is 18.7 Å². The molecule has 0 bridgehead atoms. The van der Waals surface area contributed by atoms with Gasteiger partial charge in [0.25, 0.3) is 11.8 Å². The Bertz CT molecular complexity index is 814. The number of ether oxygens (including phenoxy) is 2. The van der Waals surface area contributed by atoms with Gasteiger partial charge in [-0.25, -0.2) is 4.79 Å². The largest absolute Gasteiger partial charge is 0.482 e. The van der Waals surface area contributed by atoms with Crippen molar-refractivity contribution in [2.75, 3.05) is 6.61 Å². The third kappa shape index (κ3) is 3.80. The predicted octanol–water partition coefficient (Wildman–Crippen LogP) is 3.79. The fourth-order valence-corrected chi connectivity index (χ4v) is 2.68. The Balaban J connectivity index is 1.55. The number of para-hydroxylation sites is 1. The van der Waals surface area contributed by atoms with E-state index in [1.54, 1.807) is 13.0 Å². The molecule has 0 fully saturated rings. The van der Waals surface area contributed by atoms with Crippen molar-refractivity contribution in [3.8, 4) is 16.5 Å². The van der Waals surface area contributed by atoms with Crippen LogP contribution >= 0.6 is 11.3 Å². The van der Waals surface area contributed by atoms with Crippen LogP contribution in [0.15, 0.2) is 46.2 Å². The average molecular weight is 344 g/mol. The van der Waals surface area contributed by atoms with E-state index in [4.69, 9.17) is 13.9 Å². The minimum absolute atomic E-state index is 0.179. The van der Waals surface area contributed by atoms with Crippen LogP contribution in [-0.2, 0) is 9.53 Å². The van der Waals surface area contributed by atoms with Gasteiger partial charge in [-0.15, -0.1) is 21.5 Å². The Labute approximate surface area is 143 Å².